The van der Waals surface area contributed by atoms with Crippen molar-refractivity contribution in [2.24, 2.45) is 5.41 Å². The van der Waals surface area contributed by atoms with Crippen LogP contribution in [0, 0.1) is 5.41 Å². The van der Waals surface area contributed by atoms with E-state index in [1.54, 1.807) is 20.8 Å². The van der Waals surface area contributed by atoms with Gasteiger partial charge in [-0.05, 0) is 13.0 Å². The van der Waals surface area contributed by atoms with Gasteiger partial charge in [0, 0.05) is 17.5 Å². The van der Waals surface area contributed by atoms with E-state index in [1.165, 1.54) is 0 Å². The summed E-state index contributed by atoms with van der Waals surface area (Å²) in [5.74, 6) is 0.0525. The Labute approximate surface area is 105 Å². The third-order valence-electron chi connectivity index (χ3n) is 2.86. The Morgan fingerprint density at radius 1 is 1.39 bits per heavy atom. The van der Waals surface area contributed by atoms with E-state index >= 15 is 0 Å². The van der Waals surface area contributed by atoms with Crippen LogP contribution in [0.15, 0.2) is 4.79 Å². The van der Waals surface area contributed by atoms with Gasteiger partial charge in [-0.2, -0.15) is 0 Å². The zero-order chi connectivity index (χ0) is 13.3. The highest BCUT2D eigenvalue weighted by Gasteiger charge is 2.23. The summed E-state index contributed by atoms with van der Waals surface area (Å²) in [5.41, 5.74) is 0.745. The first-order valence-electron chi connectivity index (χ1n) is 6.02. The van der Waals surface area contributed by atoms with Gasteiger partial charge in [0.25, 0.3) is 5.56 Å². The van der Waals surface area contributed by atoms with Crippen LogP contribution >= 0.6 is 0 Å². The van der Waals surface area contributed by atoms with Gasteiger partial charge in [0.05, 0.1) is 5.69 Å². The van der Waals surface area contributed by atoms with Crippen LogP contribution in [-0.4, -0.2) is 22.4 Å². The summed E-state index contributed by atoms with van der Waals surface area (Å²) in [6.45, 7) is 6.77. The van der Waals surface area contributed by atoms with E-state index in [9.17, 15) is 9.59 Å². The monoisotopic (exact) mass is 250 g/mol. The molecule has 1 aliphatic heterocycles. The molecule has 0 spiro atoms. The highest BCUT2D eigenvalue weighted by atomic mass is 16.2. The number of H-pyrrole nitrogens is 1. The van der Waals surface area contributed by atoms with Crippen LogP contribution in [0.2, 0.25) is 0 Å². The number of carbonyl (C=O) groups excluding carboxylic acids is 1. The molecule has 0 bridgehead atoms. The molecular formula is C12H18N4O2. The number of aromatic amines is 1. The van der Waals surface area contributed by atoms with Crippen LogP contribution in [0.4, 0.5) is 5.95 Å². The van der Waals surface area contributed by atoms with Gasteiger partial charge in [0.2, 0.25) is 11.9 Å². The van der Waals surface area contributed by atoms with Crippen molar-refractivity contribution in [1.82, 2.24) is 15.3 Å². The van der Waals surface area contributed by atoms with E-state index in [4.69, 9.17) is 0 Å². The number of nitrogens with one attached hydrogen (secondary N) is 3. The van der Waals surface area contributed by atoms with Crippen LogP contribution in [0.3, 0.4) is 0 Å². The van der Waals surface area contributed by atoms with Crippen molar-refractivity contribution in [1.29, 1.82) is 0 Å². The lowest BCUT2D eigenvalue weighted by atomic mass is 9.96. The van der Waals surface area contributed by atoms with Gasteiger partial charge in [-0.25, -0.2) is 4.98 Å². The lowest BCUT2D eigenvalue weighted by molar-refractivity contribution is -0.123. The van der Waals surface area contributed by atoms with E-state index in [2.05, 4.69) is 20.6 Å². The van der Waals surface area contributed by atoms with Crippen molar-refractivity contribution in [3.05, 3.63) is 21.6 Å². The van der Waals surface area contributed by atoms with Gasteiger partial charge in [-0.3, -0.25) is 19.9 Å². The van der Waals surface area contributed by atoms with Crippen molar-refractivity contribution in [3.63, 3.8) is 0 Å². The molecular weight excluding hydrogens is 232 g/mol. The van der Waals surface area contributed by atoms with Gasteiger partial charge in [0.1, 0.15) is 0 Å². The highest BCUT2D eigenvalue weighted by molar-refractivity contribution is 5.92. The van der Waals surface area contributed by atoms with Crippen LogP contribution in [0.25, 0.3) is 0 Å². The van der Waals surface area contributed by atoms with Crippen molar-refractivity contribution >= 4 is 11.9 Å². The lowest BCUT2D eigenvalue weighted by Crippen LogP contribution is -2.34. The maximum absolute atomic E-state index is 11.8. The first-order chi connectivity index (χ1) is 8.38. The molecule has 0 saturated heterocycles. The minimum Gasteiger partial charge on any atom is -0.311 e. The number of anilines is 1. The SMILES string of the molecule is CC(C)(C)C(=O)Nc1nc2c(c(=O)[nH]1)CCNC2. The Balaban J connectivity index is 2.28. The fourth-order valence-corrected chi connectivity index (χ4v) is 1.72. The molecule has 2 heterocycles. The average Bonchev–Trinajstić information content (AvgIpc) is 2.27. The van der Waals surface area contributed by atoms with Crippen molar-refractivity contribution in [2.45, 2.75) is 33.7 Å². The van der Waals surface area contributed by atoms with E-state index in [1.807, 2.05) is 0 Å². The standard InChI is InChI=1S/C12H18N4O2/c1-12(2,3)10(18)16-11-14-8-6-13-5-4-7(8)9(17)15-11/h13H,4-6H2,1-3H3,(H2,14,15,16,17,18). The Morgan fingerprint density at radius 2 is 2.11 bits per heavy atom. The zero-order valence-electron chi connectivity index (χ0n) is 10.9. The normalized spacial score (nSPS) is 15.1. The molecule has 98 valence electrons. The molecule has 0 aliphatic carbocycles. The van der Waals surface area contributed by atoms with E-state index < -0.39 is 5.41 Å². The van der Waals surface area contributed by atoms with Crippen LogP contribution < -0.4 is 16.2 Å². The van der Waals surface area contributed by atoms with Crippen LogP contribution in [-0.2, 0) is 17.8 Å². The number of rotatable bonds is 1. The number of fused-ring (bicyclic) bond motifs is 1. The van der Waals surface area contributed by atoms with Gasteiger partial charge in [-0.1, -0.05) is 20.8 Å². The molecule has 6 heteroatoms. The van der Waals surface area contributed by atoms with Gasteiger partial charge in [0.15, 0.2) is 0 Å². The van der Waals surface area contributed by atoms with Crippen molar-refractivity contribution in [3.8, 4) is 0 Å². The average molecular weight is 250 g/mol. The van der Waals surface area contributed by atoms with Gasteiger partial charge < -0.3 is 5.32 Å². The minimum absolute atomic E-state index is 0.161. The largest absolute Gasteiger partial charge is 0.311 e. The molecule has 1 aromatic heterocycles. The molecule has 18 heavy (non-hydrogen) atoms. The second-order valence-corrected chi connectivity index (χ2v) is 5.47. The predicted molar refractivity (Wildman–Crippen MR) is 68.4 cm³/mol. The molecule has 1 aliphatic rings. The Hall–Kier alpha value is -1.69. The Bertz CT molecular complexity index is 528. The zero-order valence-corrected chi connectivity index (χ0v) is 10.9. The molecule has 6 nitrogen and oxygen atoms in total. The van der Waals surface area contributed by atoms with E-state index in [-0.39, 0.29) is 17.4 Å². The smallest absolute Gasteiger partial charge is 0.255 e. The summed E-state index contributed by atoms with van der Waals surface area (Å²) in [4.78, 5) is 30.6. The third kappa shape index (κ3) is 2.59. The molecule has 0 unspecified atom stereocenters. The highest BCUT2D eigenvalue weighted by Crippen LogP contribution is 2.15. The second kappa shape index (κ2) is 4.53. The summed E-state index contributed by atoms with van der Waals surface area (Å²) in [6.07, 6.45) is 0.672. The number of amides is 1. The fraction of sp³-hybridized carbons (Fsp3) is 0.583. The van der Waals surface area contributed by atoms with Crippen molar-refractivity contribution in [2.75, 3.05) is 11.9 Å². The predicted octanol–water partition coefficient (Wildman–Crippen LogP) is 0.400. The Morgan fingerprint density at radius 3 is 2.78 bits per heavy atom. The molecule has 0 radical (unpaired) electrons. The van der Waals surface area contributed by atoms with Gasteiger partial charge >= 0.3 is 0 Å². The van der Waals surface area contributed by atoms with Gasteiger partial charge in [-0.15, -0.1) is 0 Å². The molecule has 0 aromatic carbocycles. The molecule has 2 rings (SSSR count). The number of nitrogens with zero attached hydrogens (tertiary/aromatic N) is 1. The number of hydrogen-bond acceptors (Lipinski definition) is 4. The summed E-state index contributed by atoms with van der Waals surface area (Å²) in [7, 11) is 0. The number of aromatic nitrogens is 2. The molecule has 0 fully saturated rings. The quantitative estimate of drug-likeness (QED) is 0.673. The fourth-order valence-electron chi connectivity index (χ4n) is 1.72. The molecule has 1 amide bonds. The second-order valence-electron chi connectivity index (χ2n) is 5.47. The van der Waals surface area contributed by atoms with Crippen LogP contribution in [0.1, 0.15) is 32.0 Å². The number of carbonyl (C=O) groups is 1. The van der Waals surface area contributed by atoms with Crippen LogP contribution in [0.5, 0.6) is 0 Å². The summed E-state index contributed by atoms with van der Waals surface area (Å²) >= 11 is 0. The molecule has 0 atom stereocenters. The number of hydrogen-bond donors (Lipinski definition) is 3. The minimum atomic E-state index is -0.521. The molecule has 3 N–H and O–H groups in total. The topological polar surface area (TPSA) is 86.9 Å². The lowest BCUT2D eigenvalue weighted by Gasteiger charge is -2.19. The first kappa shape index (κ1) is 12.8. The third-order valence-corrected chi connectivity index (χ3v) is 2.86. The summed E-state index contributed by atoms with van der Waals surface area (Å²) in [5, 5.41) is 5.79. The summed E-state index contributed by atoms with van der Waals surface area (Å²) in [6, 6.07) is 0. The maximum atomic E-state index is 11.8. The first-order valence-corrected chi connectivity index (χ1v) is 6.02. The van der Waals surface area contributed by atoms with E-state index in [0.29, 0.717) is 24.2 Å². The summed E-state index contributed by atoms with van der Waals surface area (Å²) < 4.78 is 0. The Kier molecular flexibility index (Phi) is 3.21. The van der Waals surface area contributed by atoms with Crippen molar-refractivity contribution < 1.29 is 4.79 Å². The molecule has 1 aromatic rings. The maximum Gasteiger partial charge on any atom is 0.255 e. The van der Waals surface area contributed by atoms with E-state index in [0.717, 1.165) is 6.54 Å². The molecule has 0 saturated carbocycles.